The van der Waals surface area contributed by atoms with Crippen LogP contribution in [0, 0.1) is 5.41 Å². The Kier molecular flexibility index (Phi) is 4.98. The molecule has 1 aromatic carbocycles. The van der Waals surface area contributed by atoms with E-state index in [4.69, 9.17) is 5.73 Å². The molecule has 0 aliphatic carbocycles. The smallest absolute Gasteiger partial charge is 0.00200 e. The van der Waals surface area contributed by atoms with Gasteiger partial charge in [-0.15, -0.1) is 0 Å². The molecule has 18 heavy (non-hydrogen) atoms. The lowest BCUT2D eigenvalue weighted by Crippen LogP contribution is -2.29. The lowest BCUT2D eigenvalue weighted by molar-refractivity contribution is 0.302. The SMILES string of the molecule is CCCC(C)(CN)Cc1ccc(C(C)(C)C)cc1. The lowest BCUT2D eigenvalue weighted by atomic mass is 9.79. The van der Waals surface area contributed by atoms with E-state index in [-0.39, 0.29) is 10.8 Å². The number of hydrogen-bond donors (Lipinski definition) is 1. The summed E-state index contributed by atoms with van der Waals surface area (Å²) in [7, 11) is 0. The minimum Gasteiger partial charge on any atom is -0.330 e. The molecule has 0 heterocycles. The van der Waals surface area contributed by atoms with Crippen molar-refractivity contribution in [1.82, 2.24) is 0 Å². The normalized spacial score (nSPS) is 15.4. The predicted molar refractivity (Wildman–Crippen MR) is 80.9 cm³/mol. The Labute approximate surface area is 113 Å². The molecule has 0 bridgehead atoms. The molecule has 0 radical (unpaired) electrons. The second-order valence-electron chi connectivity index (χ2n) is 6.89. The molecule has 1 unspecified atom stereocenters. The largest absolute Gasteiger partial charge is 0.330 e. The van der Waals surface area contributed by atoms with Crippen molar-refractivity contribution in [1.29, 1.82) is 0 Å². The molecule has 0 fully saturated rings. The van der Waals surface area contributed by atoms with Crippen molar-refractivity contribution >= 4 is 0 Å². The highest BCUT2D eigenvalue weighted by Crippen LogP contribution is 2.28. The molecule has 0 saturated heterocycles. The van der Waals surface area contributed by atoms with E-state index in [1.54, 1.807) is 0 Å². The molecule has 1 rings (SSSR count). The van der Waals surface area contributed by atoms with Crippen LogP contribution in [-0.4, -0.2) is 6.54 Å². The third-order valence-electron chi connectivity index (χ3n) is 3.80. The van der Waals surface area contributed by atoms with Gasteiger partial charge >= 0.3 is 0 Å². The number of nitrogens with two attached hydrogens (primary N) is 1. The van der Waals surface area contributed by atoms with Gasteiger partial charge in [0.15, 0.2) is 0 Å². The van der Waals surface area contributed by atoms with Gasteiger partial charge in [0.2, 0.25) is 0 Å². The van der Waals surface area contributed by atoms with Crippen LogP contribution in [0.4, 0.5) is 0 Å². The fraction of sp³-hybridized carbons (Fsp3) is 0.647. The summed E-state index contributed by atoms with van der Waals surface area (Å²) in [6.45, 7) is 12.1. The molecular weight excluding hydrogens is 218 g/mol. The van der Waals surface area contributed by atoms with Crippen LogP contribution in [0.5, 0.6) is 0 Å². The average Bonchev–Trinajstić information content (AvgIpc) is 2.29. The molecule has 0 aromatic heterocycles. The van der Waals surface area contributed by atoms with Crippen molar-refractivity contribution in [3.63, 3.8) is 0 Å². The van der Waals surface area contributed by atoms with Gasteiger partial charge in [0.25, 0.3) is 0 Å². The van der Waals surface area contributed by atoms with Crippen molar-refractivity contribution in [2.24, 2.45) is 11.1 Å². The van der Waals surface area contributed by atoms with Gasteiger partial charge in [0.1, 0.15) is 0 Å². The van der Waals surface area contributed by atoms with Crippen LogP contribution >= 0.6 is 0 Å². The van der Waals surface area contributed by atoms with Crippen LogP contribution in [0.15, 0.2) is 24.3 Å². The first-order valence-corrected chi connectivity index (χ1v) is 7.10. The van der Waals surface area contributed by atoms with E-state index >= 15 is 0 Å². The summed E-state index contributed by atoms with van der Waals surface area (Å²) in [4.78, 5) is 0. The molecule has 0 aliphatic heterocycles. The number of benzene rings is 1. The van der Waals surface area contributed by atoms with Crippen LogP contribution in [0.3, 0.4) is 0 Å². The minimum atomic E-state index is 0.235. The molecule has 1 nitrogen and oxygen atoms in total. The quantitative estimate of drug-likeness (QED) is 0.825. The maximum Gasteiger partial charge on any atom is -0.00200 e. The third kappa shape index (κ3) is 4.13. The molecule has 1 heteroatoms. The molecule has 2 N–H and O–H groups in total. The van der Waals surface area contributed by atoms with Gasteiger partial charge in [0.05, 0.1) is 0 Å². The minimum absolute atomic E-state index is 0.235. The Morgan fingerprint density at radius 3 is 1.94 bits per heavy atom. The predicted octanol–water partition coefficient (Wildman–Crippen LogP) is 4.29. The Bertz CT molecular complexity index is 358. The fourth-order valence-electron chi connectivity index (χ4n) is 2.48. The van der Waals surface area contributed by atoms with Crippen LogP contribution < -0.4 is 5.73 Å². The van der Waals surface area contributed by atoms with Gasteiger partial charge in [-0.25, -0.2) is 0 Å². The van der Waals surface area contributed by atoms with Gasteiger partial charge in [-0.05, 0) is 41.3 Å². The summed E-state index contributed by atoms with van der Waals surface area (Å²) in [5.74, 6) is 0. The Morgan fingerprint density at radius 2 is 1.56 bits per heavy atom. The van der Waals surface area contributed by atoms with Crippen molar-refractivity contribution in [2.45, 2.75) is 59.3 Å². The maximum absolute atomic E-state index is 5.94. The zero-order valence-corrected chi connectivity index (χ0v) is 12.7. The molecular formula is C17H29N. The summed E-state index contributed by atoms with van der Waals surface area (Å²) >= 11 is 0. The highest BCUT2D eigenvalue weighted by molar-refractivity contribution is 5.28. The summed E-state index contributed by atoms with van der Waals surface area (Å²) in [5.41, 5.74) is 9.23. The average molecular weight is 247 g/mol. The van der Waals surface area contributed by atoms with Crippen molar-refractivity contribution in [2.75, 3.05) is 6.54 Å². The van der Waals surface area contributed by atoms with Crippen LogP contribution in [0.25, 0.3) is 0 Å². The van der Waals surface area contributed by atoms with Crippen molar-refractivity contribution in [3.8, 4) is 0 Å². The standard InChI is InChI=1S/C17H29N/c1-6-11-17(5,13-18)12-14-7-9-15(10-8-14)16(2,3)4/h7-10H,6,11-13,18H2,1-5H3. The molecule has 1 aromatic rings. The van der Waals surface area contributed by atoms with Crippen LogP contribution in [0.2, 0.25) is 0 Å². The second kappa shape index (κ2) is 5.88. The van der Waals surface area contributed by atoms with Crippen molar-refractivity contribution < 1.29 is 0 Å². The van der Waals surface area contributed by atoms with E-state index in [0.717, 1.165) is 13.0 Å². The summed E-state index contributed by atoms with van der Waals surface area (Å²) < 4.78 is 0. The van der Waals surface area contributed by atoms with E-state index in [9.17, 15) is 0 Å². The maximum atomic E-state index is 5.94. The molecule has 102 valence electrons. The summed E-state index contributed by atoms with van der Waals surface area (Å²) in [6, 6.07) is 9.06. The van der Waals surface area contributed by atoms with Gasteiger partial charge in [0, 0.05) is 0 Å². The van der Waals surface area contributed by atoms with E-state index in [1.807, 2.05) is 0 Å². The molecule has 0 aliphatic rings. The van der Waals surface area contributed by atoms with E-state index < -0.39 is 0 Å². The van der Waals surface area contributed by atoms with Gasteiger partial charge < -0.3 is 5.73 Å². The number of rotatable bonds is 5. The molecule has 1 atom stereocenters. The van der Waals surface area contributed by atoms with Crippen LogP contribution in [-0.2, 0) is 11.8 Å². The third-order valence-corrected chi connectivity index (χ3v) is 3.80. The first kappa shape index (κ1) is 15.2. The molecule has 0 amide bonds. The fourth-order valence-corrected chi connectivity index (χ4v) is 2.48. The topological polar surface area (TPSA) is 26.0 Å². The van der Waals surface area contributed by atoms with E-state index in [1.165, 1.54) is 24.0 Å². The number of hydrogen-bond acceptors (Lipinski definition) is 1. The van der Waals surface area contributed by atoms with Gasteiger partial charge in [-0.2, -0.15) is 0 Å². The lowest BCUT2D eigenvalue weighted by Gasteiger charge is -2.28. The first-order chi connectivity index (χ1) is 8.30. The molecule has 0 spiro atoms. The summed E-state index contributed by atoms with van der Waals surface area (Å²) in [6.07, 6.45) is 3.49. The Morgan fingerprint density at radius 1 is 1.00 bits per heavy atom. The second-order valence-corrected chi connectivity index (χ2v) is 6.89. The zero-order valence-electron chi connectivity index (χ0n) is 12.7. The molecule has 0 saturated carbocycles. The van der Waals surface area contributed by atoms with E-state index in [2.05, 4.69) is 58.9 Å². The highest BCUT2D eigenvalue weighted by Gasteiger charge is 2.22. The summed E-state index contributed by atoms with van der Waals surface area (Å²) in [5, 5.41) is 0. The Hall–Kier alpha value is -0.820. The van der Waals surface area contributed by atoms with E-state index in [0.29, 0.717) is 0 Å². The highest BCUT2D eigenvalue weighted by atomic mass is 14.6. The first-order valence-electron chi connectivity index (χ1n) is 7.10. The zero-order chi connectivity index (χ0) is 13.8. The monoisotopic (exact) mass is 247 g/mol. The van der Waals surface area contributed by atoms with Gasteiger partial charge in [-0.1, -0.05) is 65.3 Å². The Balaban J connectivity index is 2.80. The van der Waals surface area contributed by atoms with Gasteiger partial charge in [-0.3, -0.25) is 0 Å². The van der Waals surface area contributed by atoms with Crippen molar-refractivity contribution in [3.05, 3.63) is 35.4 Å². The van der Waals surface area contributed by atoms with Crippen LogP contribution in [0.1, 0.15) is 58.6 Å².